The fraction of sp³-hybridized carbons (Fsp3) is 0.480. The molecule has 0 unspecified atom stereocenters. The first-order valence-corrected chi connectivity index (χ1v) is 14.3. The Bertz CT molecular complexity index is 853. The third kappa shape index (κ3) is 3.95. The van der Waals surface area contributed by atoms with Gasteiger partial charge in [0.25, 0.3) is 0 Å². The van der Waals surface area contributed by atoms with Gasteiger partial charge >= 0.3 is 5.97 Å². The van der Waals surface area contributed by atoms with Crippen LogP contribution in [0.3, 0.4) is 0 Å². The van der Waals surface area contributed by atoms with Crippen LogP contribution in [-0.4, -0.2) is 20.7 Å². The highest BCUT2D eigenvalue weighted by Crippen LogP contribution is 2.43. The summed E-state index contributed by atoms with van der Waals surface area (Å²) in [6.07, 6.45) is 4.11. The van der Waals surface area contributed by atoms with E-state index in [4.69, 9.17) is 4.74 Å². The minimum Gasteiger partial charge on any atom is -0.462 e. The van der Waals surface area contributed by atoms with Crippen LogP contribution in [0.25, 0.3) is 11.1 Å². The molecule has 1 heterocycles. The third-order valence-corrected chi connectivity index (χ3v) is 8.42. The van der Waals surface area contributed by atoms with Gasteiger partial charge in [0, 0.05) is 0 Å². The van der Waals surface area contributed by atoms with Gasteiger partial charge in [0.05, 0.1) is 20.2 Å². The van der Waals surface area contributed by atoms with Gasteiger partial charge in [-0.3, -0.25) is 0 Å². The standard InChI is InChI=1S/C25H34O2Si/c1-6-12-19-21-16-28(4,5)17-22(21)20(13-7-2)24(25(26)27-8-3)23(19)18-14-10-9-11-15-18/h9-11,14-15H,6-8,12-13,16-17H2,1-5H3. The summed E-state index contributed by atoms with van der Waals surface area (Å²) in [4.78, 5) is 13.2. The average molecular weight is 395 g/mol. The molecule has 2 aromatic rings. The largest absolute Gasteiger partial charge is 0.462 e. The fourth-order valence-corrected chi connectivity index (χ4v) is 7.71. The number of fused-ring (bicyclic) bond motifs is 1. The molecule has 0 fully saturated rings. The fourth-order valence-electron chi connectivity index (χ4n) is 4.82. The van der Waals surface area contributed by atoms with Crippen molar-refractivity contribution in [3.8, 4) is 11.1 Å². The van der Waals surface area contributed by atoms with Gasteiger partial charge in [0.1, 0.15) is 0 Å². The van der Waals surface area contributed by atoms with Crippen LogP contribution < -0.4 is 0 Å². The van der Waals surface area contributed by atoms with Crippen molar-refractivity contribution in [1.82, 2.24) is 0 Å². The Labute approximate surface area is 171 Å². The van der Waals surface area contributed by atoms with E-state index in [1.807, 2.05) is 13.0 Å². The summed E-state index contributed by atoms with van der Waals surface area (Å²) in [5.74, 6) is -0.142. The molecule has 28 heavy (non-hydrogen) atoms. The van der Waals surface area contributed by atoms with Gasteiger partial charge < -0.3 is 4.74 Å². The first kappa shape index (κ1) is 20.9. The Balaban J connectivity index is 2.40. The summed E-state index contributed by atoms with van der Waals surface area (Å²) in [7, 11) is -1.32. The number of hydrogen-bond acceptors (Lipinski definition) is 2. The highest BCUT2D eigenvalue weighted by atomic mass is 28.3. The van der Waals surface area contributed by atoms with Gasteiger partial charge in [-0.1, -0.05) is 70.1 Å². The number of ether oxygens (including phenoxy) is 1. The molecule has 0 spiro atoms. The Morgan fingerprint density at radius 3 is 2.07 bits per heavy atom. The third-order valence-electron chi connectivity index (χ3n) is 5.80. The smallest absolute Gasteiger partial charge is 0.339 e. The lowest BCUT2D eigenvalue weighted by molar-refractivity contribution is 0.0525. The van der Waals surface area contributed by atoms with Crippen molar-refractivity contribution in [2.24, 2.45) is 0 Å². The number of carbonyl (C=O) groups is 1. The summed E-state index contributed by atoms with van der Waals surface area (Å²) in [5.41, 5.74) is 8.88. The van der Waals surface area contributed by atoms with Crippen molar-refractivity contribution in [2.45, 2.75) is 71.6 Å². The Morgan fingerprint density at radius 1 is 0.929 bits per heavy atom. The molecule has 0 aliphatic carbocycles. The molecule has 2 aromatic carbocycles. The van der Waals surface area contributed by atoms with Crippen LogP contribution in [0.2, 0.25) is 13.1 Å². The SMILES string of the molecule is CCCc1c2c(c(CCC)c(-c3ccccc3)c1C(=O)OCC)C[Si](C)(C)C2. The van der Waals surface area contributed by atoms with Crippen LogP contribution >= 0.6 is 0 Å². The van der Waals surface area contributed by atoms with E-state index in [0.717, 1.165) is 42.4 Å². The van der Waals surface area contributed by atoms with E-state index in [0.29, 0.717) is 6.61 Å². The van der Waals surface area contributed by atoms with Crippen LogP contribution in [0.4, 0.5) is 0 Å². The summed E-state index contributed by atoms with van der Waals surface area (Å²) >= 11 is 0. The van der Waals surface area contributed by atoms with Gasteiger partial charge in [-0.2, -0.15) is 0 Å². The second kappa shape index (κ2) is 8.65. The van der Waals surface area contributed by atoms with Gasteiger partial charge in [-0.25, -0.2) is 4.79 Å². The minimum absolute atomic E-state index is 0.142. The molecule has 0 aromatic heterocycles. The maximum Gasteiger partial charge on any atom is 0.339 e. The molecule has 1 aliphatic heterocycles. The summed E-state index contributed by atoms with van der Waals surface area (Å²) in [5, 5.41) is 0. The molecule has 150 valence electrons. The van der Waals surface area contributed by atoms with Crippen molar-refractivity contribution in [2.75, 3.05) is 6.61 Å². The summed E-state index contributed by atoms with van der Waals surface area (Å²) in [6.45, 7) is 11.7. The van der Waals surface area contributed by atoms with Gasteiger partial charge in [0.2, 0.25) is 0 Å². The van der Waals surface area contributed by atoms with Crippen LogP contribution in [0, 0.1) is 0 Å². The molecule has 3 heteroatoms. The number of rotatable bonds is 7. The molecule has 0 saturated carbocycles. The first-order chi connectivity index (χ1) is 13.4. The molecule has 2 nitrogen and oxygen atoms in total. The highest BCUT2D eigenvalue weighted by Gasteiger charge is 2.37. The maximum absolute atomic E-state index is 13.2. The summed E-state index contributed by atoms with van der Waals surface area (Å²) in [6, 6.07) is 12.9. The Kier molecular flexibility index (Phi) is 6.44. The molecule has 3 rings (SSSR count). The highest BCUT2D eigenvalue weighted by molar-refractivity contribution is 6.77. The lowest BCUT2D eigenvalue weighted by atomic mass is 9.81. The van der Waals surface area contributed by atoms with Crippen molar-refractivity contribution in [3.05, 3.63) is 58.1 Å². The zero-order chi connectivity index (χ0) is 20.3. The van der Waals surface area contributed by atoms with Crippen LogP contribution in [-0.2, 0) is 29.7 Å². The Hall–Kier alpha value is -1.87. The molecule has 0 radical (unpaired) electrons. The molecule has 1 aliphatic rings. The van der Waals surface area contributed by atoms with Crippen molar-refractivity contribution < 1.29 is 9.53 Å². The van der Waals surface area contributed by atoms with E-state index < -0.39 is 8.07 Å². The lowest BCUT2D eigenvalue weighted by Gasteiger charge is -2.23. The number of hydrogen-bond donors (Lipinski definition) is 0. The average Bonchev–Trinajstić information content (AvgIpc) is 2.99. The quantitative estimate of drug-likeness (QED) is 0.406. The number of esters is 1. The maximum atomic E-state index is 13.2. The summed E-state index contributed by atoms with van der Waals surface area (Å²) < 4.78 is 5.59. The molecule has 0 bridgehead atoms. The predicted octanol–water partition coefficient (Wildman–Crippen LogP) is 6.32. The second-order valence-electron chi connectivity index (χ2n) is 8.77. The second-order valence-corrected chi connectivity index (χ2v) is 13.8. The van der Waals surface area contributed by atoms with Crippen molar-refractivity contribution in [1.29, 1.82) is 0 Å². The van der Waals surface area contributed by atoms with Gasteiger partial charge in [0.15, 0.2) is 0 Å². The Morgan fingerprint density at radius 2 is 1.50 bits per heavy atom. The monoisotopic (exact) mass is 394 g/mol. The molecule has 0 atom stereocenters. The number of benzene rings is 2. The molecule has 0 N–H and O–H groups in total. The normalized spacial score (nSPS) is 14.8. The topological polar surface area (TPSA) is 26.3 Å². The molecular formula is C25H34O2Si. The van der Waals surface area contributed by atoms with Crippen LogP contribution in [0.1, 0.15) is 66.2 Å². The van der Waals surface area contributed by atoms with E-state index >= 15 is 0 Å². The van der Waals surface area contributed by atoms with Gasteiger partial charge in [-0.15, -0.1) is 0 Å². The predicted molar refractivity (Wildman–Crippen MR) is 121 cm³/mol. The minimum atomic E-state index is -1.32. The zero-order valence-corrected chi connectivity index (χ0v) is 19.2. The lowest BCUT2D eigenvalue weighted by Crippen LogP contribution is -2.26. The molecule has 0 amide bonds. The zero-order valence-electron chi connectivity index (χ0n) is 18.2. The molecular weight excluding hydrogens is 360 g/mol. The van der Waals surface area contributed by atoms with E-state index in [2.05, 4.69) is 51.2 Å². The van der Waals surface area contributed by atoms with E-state index in [1.165, 1.54) is 28.8 Å². The van der Waals surface area contributed by atoms with Crippen LogP contribution in [0.15, 0.2) is 30.3 Å². The molecule has 0 saturated heterocycles. The van der Waals surface area contributed by atoms with Crippen molar-refractivity contribution >= 4 is 14.0 Å². The van der Waals surface area contributed by atoms with E-state index in [9.17, 15) is 4.79 Å². The van der Waals surface area contributed by atoms with Crippen LogP contribution in [0.5, 0.6) is 0 Å². The van der Waals surface area contributed by atoms with Gasteiger partial charge in [-0.05, 0) is 65.2 Å². The van der Waals surface area contributed by atoms with E-state index in [-0.39, 0.29) is 5.97 Å². The number of carbonyl (C=O) groups excluding carboxylic acids is 1. The van der Waals surface area contributed by atoms with Crippen molar-refractivity contribution in [3.63, 3.8) is 0 Å². The first-order valence-electron chi connectivity index (χ1n) is 10.9. The van der Waals surface area contributed by atoms with E-state index in [1.54, 1.807) is 5.56 Å².